The molecule has 0 N–H and O–H groups in total. The highest BCUT2D eigenvalue weighted by Crippen LogP contribution is 2.58. The first kappa shape index (κ1) is 35.2. The van der Waals surface area contributed by atoms with Crippen molar-refractivity contribution in [1.29, 1.82) is 0 Å². The molecular formula is C57H39N3O2. The van der Waals surface area contributed by atoms with Crippen molar-refractivity contribution >= 4 is 43.9 Å². The number of hydrogen-bond donors (Lipinski definition) is 0. The Hall–Kier alpha value is -7.63. The molecular weight excluding hydrogens is 759 g/mol. The van der Waals surface area contributed by atoms with Gasteiger partial charge in [0.2, 0.25) is 0 Å². The van der Waals surface area contributed by atoms with Gasteiger partial charge in [-0.05, 0) is 87.7 Å². The van der Waals surface area contributed by atoms with E-state index in [0.29, 0.717) is 17.5 Å². The van der Waals surface area contributed by atoms with Crippen LogP contribution < -0.4 is 0 Å². The smallest absolute Gasteiger partial charge is 0.164 e. The maximum Gasteiger partial charge on any atom is 0.164 e. The van der Waals surface area contributed by atoms with E-state index in [9.17, 15) is 0 Å². The zero-order chi connectivity index (χ0) is 40.8. The predicted octanol–water partition coefficient (Wildman–Crippen LogP) is 15.2. The van der Waals surface area contributed by atoms with Gasteiger partial charge in [-0.15, -0.1) is 0 Å². The summed E-state index contributed by atoms with van der Waals surface area (Å²) in [5.41, 5.74) is 16.7. The maximum absolute atomic E-state index is 6.31. The summed E-state index contributed by atoms with van der Waals surface area (Å²) in [6.45, 7) is 0. The summed E-state index contributed by atoms with van der Waals surface area (Å²) in [7, 11) is 0. The van der Waals surface area contributed by atoms with Crippen molar-refractivity contribution in [1.82, 2.24) is 15.0 Å². The quantitative estimate of drug-likeness (QED) is 0.174. The third kappa shape index (κ3) is 5.31. The number of aromatic nitrogens is 3. The second kappa shape index (κ2) is 13.7. The number of hydrogen-bond acceptors (Lipinski definition) is 5. The Morgan fingerprint density at radius 1 is 0.355 bits per heavy atom. The molecule has 3 heterocycles. The van der Waals surface area contributed by atoms with Gasteiger partial charge < -0.3 is 8.83 Å². The molecule has 13 rings (SSSR count). The monoisotopic (exact) mass is 797 g/mol. The molecule has 0 radical (unpaired) electrons. The SMILES string of the molecule is c1cc(-c2ccc(-c3nc(-c4cccc5oc6ccccc6c45)nc(-c4cccc5oc6ccccc6c45)n3)cc2)cc(-c2cccc3c2-c2ccccc2C32CCCCC2)c1. The average molecular weight is 798 g/mol. The van der Waals surface area contributed by atoms with E-state index < -0.39 is 0 Å². The van der Waals surface area contributed by atoms with Crippen LogP contribution >= 0.6 is 0 Å². The number of fused-ring (bicyclic) bond motifs is 11. The van der Waals surface area contributed by atoms with Gasteiger partial charge in [0.25, 0.3) is 0 Å². The van der Waals surface area contributed by atoms with Gasteiger partial charge in [-0.2, -0.15) is 0 Å². The summed E-state index contributed by atoms with van der Waals surface area (Å²) < 4.78 is 12.6. The lowest BCUT2D eigenvalue weighted by Gasteiger charge is -2.36. The maximum atomic E-state index is 6.31. The minimum absolute atomic E-state index is 0.125. The summed E-state index contributed by atoms with van der Waals surface area (Å²) in [5, 5.41) is 4.01. The largest absolute Gasteiger partial charge is 0.456 e. The van der Waals surface area contributed by atoms with Gasteiger partial charge in [0, 0.05) is 43.7 Å². The molecule has 62 heavy (non-hydrogen) atoms. The van der Waals surface area contributed by atoms with E-state index in [4.69, 9.17) is 23.8 Å². The third-order valence-corrected chi connectivity index (χ3v) is 13.6. The highest BCUT2D eigenvalue weighted by molar-refractivity contribution is 6.13. The molecule has 5 nitrogen and oxygen atoms in total. The highest BCUT2D eigenvalue weighted by atomic mass is 16.3. The molecule has 11 aromatic rings. The van der Waals surface area contributed by atoms with Crippen LogP contribution in [0.3, 0.4) is 0 Å². The summed E-state index contributed by atoms with van der Waals surface area (Å²) in [6.07, 6.45) is 6.34. The van der Waals surface area contributed by atoms with Crippen LogP contribution in [0.25, 0.3) is 111 Å². The lowest BCUT2D eigenvalue weighted by atomic mass is 9.68. The van der Waals surface area contributed by atoms with Crippen LogP contribution in [-0.4, -0.2) is 15.0 Å². The first-order valence-electron chi connectivity index (χ1n) is 21.7. The molecule has 1 spiro atoms. The van der Waals surface area contributed by atoms with E-state index >= 15 is 0 Å². The number of furan rings is 2. The Balaban J connectivity index is 0.934. The summed E-state index contributed by atoms with van der Waals surface area (Å²) in [5.74, 6) is 1.75. The Morgan fingerprint density at radius 2 is 0.855 bits per heavy atom. The fraction of sp³-hybridized carbons (Fsp3) is 0.105. The number of para-hydroxylation sites is 2. The number of nitrogens with zero attached hydrogens (tertiary/aromatic N) is 3. The third-order valence-electron chi connectivity index (χ3n) is 13.6. The molecule has 2 aliphatic rings. The van der Waals surface area contributed by atoms with Crippen LogP contribution in [0.4, 0.5) is 0 Å². The van der Waals surface area contributed by atoms with Gasteiger partial charge in [-0.1, -0.05) is 165 Å². The normalized spacial score (nSPS) is 14.3. The lowest BCUT2D eigenvalue weighted by Crippen LogP contribution is -2.27. The summed E-state index contributed by atoms with van der Waals surface area (Å²) in [6, 6.07) is 62.3. The van der Waals surface area contributed by atoms with Crippen molar-refractivity contribution in [2.24, 2.45) is 0 Å². The second-order valence-electron chi connectivity index (χ2n) is 16.9. The van der Waals surface area contributed by atoms with Crippen molar-refractivity contribution < 1.29 is 8.83 Å². The molecule has 1 fully saturated rings. The fourth-order valence-electron chi connectivity index (χ4n) is 10.8. The second-order valence-corrected chi connectivity index (χ2v) is 16.9. The van der Waals surface area contributed by atoms with Gasteiger partial charge >= 0.3 is 0 Å². The molecule has 0 amide bonds. The lowest BCUT2D eigenvalue weighted by molar-refractivity contribution is 0.353. The zero-order valence-electron chi connectivity index (χ0n) is 33.9. The van der Waals surface area contributed by atoms with E-state index in [-0.39, 0.29) is 5.41 Å². The molecule has 0 bridgehead atoms. The Morgan fingerprint density at radius 3 is 1.55 bits per heavy atom. The summed E-state index contributed by atoms with van der Waals surface area (Å²) in [4.78, 5) is 15.7. The van der Waals surface area contributed by atoms with Crippen molar-refractivity contribution in [2.45, 2.75) is 37.5 Å². The molecule has 0 unspecified atom stereocenters. The molecule has 0 atom stereocenters. The van der Waals surface area contributed by atoms with E-state index in [1.54, 1.807) is 0 Å². The van der Waals surface area contributed by atoms with Gasteiger partial charge in [0.05, 0.1) is 0 Å². The average Bonchev–Trinajstić information content (AvgIpc) is 4.00. The molecule has 8 aromatic carbocycles. The van der Waals surface area contributed by atoms with Crippen LogP contribution in [0.1, 0.15) is 43.2 Å². The number of rotatable bonds is 5. The zero-order valence-corrected chi connectivity index (χ0v) is 33.9. The Bertz CT molecular complexity index is 3440. The van der Waals surface area contributed by atoms with Crippen molar-refractivity contribution in [3.63, 3.8) is 0 Å². The van der Waals surface area contributed by atoms with Crippen molar-refractivity contribution in [3.8, 4) is 67.5 Å². The van der Waals surface area contributed by atoms with E-state index in [2.05, 4.69) is 115 Å². The van der Waals surface area contributed by atoms with Crippen molar-refractivity contribution in [3.05, 3.63) is 187 Å². The molecule has 0 aliphatic heterocycles. The van der Waals surface area contributed by atoms with Crippen LogP contribution in [0.2, 0.25) is 0 Å². The molecule has 294 valence electrons. The van der Waals surface area contributed by atoms with Crippen LogP contribution in [0.5, 0.6) is 0 Å². The van der Waals surface area contributed by atoms with E-state index in [1.807, 2.05) is 60.7 Å². The predicted molar refractivity (Wildman–Crippen MR) is 251 cm³/mol. The van der Waals surface area contributed by atoms with Gasteiger partial charge in [-0.3, -0.25) is 0 Å². The van der Waals surface area contributed by atoms with Crippen LogP contribution in [0.15, 0.2) is 185 Å². The molecule has 1 saturated carbocycles. The van der Waals surface area contributed by atoms with Gasteiger partial charge in [-0.25, -0.2) is 15.0 Å². The van der Waals surface area contributed by atoms with Crippen molar-refractivity contribution in [2.75, 3.05) is 0 Å². The molecule has 2 aliphatic carbocycles. The van der Waals surface area contributed by atoms with Crippen LogP contribution in [0, 0.1) is 0 Å². The molecule has 3 aromatic heterocycles. The minimum Gasteiger partial charge on any atom is -0.456 e. The highest BCUT2D eigenvalue weighted by Gasteiger charge is 2.44. The summed E-state index contributed by atoms with van der Waals surface area (Å²) >= 11 is 0. The van der Waals surface area contributed by atoms with Gasteiger partial charge in [0.15, 0.2) is 17.5 Å². The van der Waals surface area contributed by atoms with E-state index in [1.165, 1.54) is 71.0 Å². The van der Waals surface area contributed by atoms with Crippen LogP contribution in [-0.2, 0) is 5.41 Å². The minimum atomic E-state index is 0.125. The Kier molecular flexibility index (Phi) is 7.77. The molecule has 0 saturated heterocycles. The Labute approximate surface area is 358 Å². The van der Waals surface area contributed by atoms with E-state index in [0.717, 1.165) is 66.1 Å². The van der Waals surface area contributed by atoms with Gasteiger partial charge in [0.1, 0.15) is 22.3 Å². The molecule has 5 heteroatoms. The fourth-order valence-corrected chi connectivity index (χ4v) is 10.8. The standard InChI is InChI=1S/C57H39N3O2/c1-8-32-57(33-9-1)45-22-5-2-16-40(45)51-39(19-11-23-46(51)57)38-15-10-14-37(34-38)35-28-30-36(31-29-35)54-58-55(43-20-12-26-49-52(43)41-17-3-6-24-47(41)61-49)60-56(59-54)44-21-13-27-50-53(44)42-18-4-7-25-48(42)62-50/h2-7,10-31,34H,1,8-9,32-33H2. The number of benzene rings is 8. The first-order valence-corrected chi connectivity index (χ1v) is 21.7. The topological polar surface area (TPSA) is 65.0 Å². The first-order chi connectivity index (χ1) is 30.7.